The predicted octanol–water partition coefficient (Wildman–Crippen LogP) is 1.16. The Labute approximate surface area is 88.9 Å². The summed E-state index contributed by atoms with van der Waals surface area (Å²) in [6, 6.07) is 1.58. The van der Waals surface area contributed by atoms with Crippen LogP contribution in [-0.4, -0.2) is 15.7 Å². The molecule has 0 aromatic carbocycles. The lowest BCUT2D eigenvalue weighted by Gasteiger charge is -2.19. The Bertz CT molecular complexity index is 375. The number of ether oxygens (including phenoxy) is 1. The summed E-state index contributed by atoms with van der Waals surface area (Å²) in [7, 11) is 0. The van der Waals surface area contributed by atoms with Gasteiger partial charge in [-0.2, -0.15) is 4.98 Å². The lowest BCUT2D eigenvalue weighted by molar-refractivity contribution is -0.0376. The van der Waals surface area contributed by atoms with Crippen LogP contribution >= 0.6 is 0 Å². The maximum atomic E-state index is 11.4. The third kappa shape index (κ3) is 3.06. The molecule has 2 N–H and O–H groups in total. The van der Waals surface area contributed by atoms with E-state index in [2.05, 4.69) is 4.98 Å². The van der Waals surface area contributed by atoms with E-state index in [1.54, 1.807) is 12.3 Å². The minimum atomic E-state index is -0.384. The molecule has 0 aliphatic rings. The summed E-state index contributed by atoms with van der Waals surface area (Å²) >= 11 is 0. The van der Waals surface area contributed by atoms with Crippen LogP contribution < -0.4 is 11.4 Å². The molecule has 0 saturated carbocycles. The van der Waals surface area contributed by atoms with Crippen molar-refractivity contribution in [2.45, 2.75) is 39.5 Å². The quantitative estimate of drug-likeness (QED) is 0.811. The second-order valence-corrected chi connectivity index (χ2v) is 3.50. The van der Waals surface area contributed by atoms with Crippen LogP contribution in [0.15, 0.2) is 17.1 Å². The molecule has 0 amide bonds. The Morgan fingerprint density at radius 2 is 2.27 bits per heavy atom. The van der Waals surface area contributed by atoms with E-state index in [1.807, 2.05) is 20.8 Å². The van der Waals surface area contributed by atoms with Crippen LogP contribution in [0.3, 0.4) is 0 Å². The fourth-order valence-corrected chi connectivity index (χ4v) is 1.20. The van der Waals surface area contributed by atoms with Crippen molar-refractivity contribution in [3.8, 4) is 0 Å². The molecule has 1 heterocycles. The van der Waals surface area contributed by atoms with Crippen LogP contribution in [0.2, 0.25) is 0 Å². The molecular weight excluding hydrogens is 194 g/mol. The number of nitrogens with two attached hydrogens (primary N) is 1. The number of nitrogens with zero attached hydrogens (tertiary/aromatic N) is 2. The highest BCUT2D eigenvalue weighted by molar-refractivity contribution is 5.23. The molecule has 5 nitrogen and oxygen atoms in total. The van der Waals surface area contributed by atoms with Gasteiger partial charge < -0.3 is 10.5 Å². The maximum Gasteiger partial charge on any atom is 0.351 e. The van der Waals surface area contributed by atoms with E-state index < -0.39 is 0 Å². The molecule has 1 rings (SSSR count). The van der Waals surface area contributed by atoms with Gasteiger partial charge in [0.25, 0.3) is 0 Å². The van der Waals surface area contributed by atoms with Gasteiger partial charge in [-0.15, -0.1) is 0 Å². The first-order chi connectivity index (χ1) is 7.04. The standard InChI is InChI=1S/C10H17N3O2/c1-4-7(2)15-8(3)13-6-5-9(11)12-10(13)14/h5-8H,4H2,1-3H3,(H2,11,12,14)/t7-,8+/m0/s1. The molecule has 2 atom stereocenters. The van der Waals surface area contributed by atoms with Gasteiger partial charge in [0.15, 0.2) is 0 Å². The Kier molecular flexibility index (Phi) is 3.85. The molecule has 0 fully saturated rings. The van der Waals surface area contributed by atoms with Gasteiger partial charge in [-0.3, -0.25) is 4.57 Å². The minimum Gasteiger partial charge on any atom is -0.383 e. The number of anilines is 1. The highest BCUT2D eigenvalue weighted by Crippen LogP contribution is 2.09. The molecular formula is C10H17N3O2. The zero-order chi connectivity index (χ0) is 11.4. The van der Waals surface area contributed by atoms with Crippen molar-refractivity contribution in [1.82, 2.24) is 9.55 Å². The van der Waals surface area contributed by atoms with Crippen molar-refractivity contribution >= 4 is 5.82 Å². The van der Waals surface area contributed by atoms with Crippen molar-refractivity contribution in [2.24, 2.45) is 0 Å². The summed E-state index contributed by atoms with van der Waals surface area (Å²) in [6.07, 6.45) is 2.30. The SMILES string of the molecule is CC[C@H](C)O[C@H](C)n1ccc(N)nc1=O. The maximum absolute atomic E-state index is 11.4. The minimum absolute atomic E-state index is 0.115. The van der Waals surface area contributed by atoms with Crippen molar-refractivity contribution in [3.05, 3.63) is 22.7 Å². The second kappa shape index (κ2) is 4.93. The van der Waals surface area contributed by atoms with E-state index in [0.29, 0.717) is 0 Å². The Morgan fingerprint density at radius 1 is 1.60 bits per heavy atom. The smallest absolute Gasteiger partial charge is 0.351 e. The van der Waals surface area contributed by atoms with E-state index in [4.69, 9.17) is 10.5 Å². The molecule has 0 radical (unpaired) electrons. The average Bonchev–Trinajstić information content (AvgIpc) is 2.17. The number of hydrogen-bond donors (Lipinski definition) is 1. The molecule has 1 aromatic heterocycles. The summed E-state index contributed by atoms with van der Waals surface area (Å²) < 4.78 is 7.01. The van der Waals surface area contributed by atoms with Crippen LogP contribution in [0.5, 0.6) is 0 Å². The summed E-state index contributed by atoms with van der Waals surface area (Å²) in [6.45, 7) is 5.80. The van der Waals surface area contributed by atoms with Gasteiger partial charge in [0.2, 0.25) is 0 Å². The molecule has 0 spiro atoms. The number of nitrogen functional groups attached to an aromatic ring is 1. The fourth-order valence-electron chi connectivity index (χ4n) is 1.20. The summed E-state index contributed by atoms with van der Waals surface area (Å²) in [5.74, 6) is 0.229. The van der Waals surface area contributed by atoms with Gasteiger partial charge in [0.1, 0.15) is 12.0 Å². The molecule has 0 unspecified atom stereocenters. The first kappa shape index (κ1) is 11.7. The summed E-state index contributed by atoms with van der Waals surface area (Å²) in [5.41, 5.74) is 5.01. The van der Waals surface area contributed by atoms with Crippen LogP contribution in [0.25, 0.3) is 0 Å². The van der Waals surface area contributed by atoms with E-state index in [-0.39, 0.29) is 23.8 Å². The Balaban J connectivity index is 2.82. The topological polar surface area (TPSA) is 70.1 Å². The van der Waals surface area contributed by atoms with Gasteiger partial charge >= 0.3 is 5.69 Å². The zero-order valence-corrected chi connectivity index (χ0v) is 9.30. The van der Waals surface area contributed by atoms with Crippen LogP contribution in [0.4, 0.5) is 5.82 Å². The zero-order valence-electron chi connectivity index (χ0n) is 9.30. The monoisotopic (exact) mass is 211 g/mol. The molecule has 5 heteroatoms. The van der Waals surface area contributed by atoms with E-state index in [0.717, 1.165) is 6.42 Å². The average molecular weight is 211 g/mol. The molecule has 0 bridgehead atoms. The van der Waals surface area contributed by atoms with Crippen molar-refractivity contribution in [3.63, 3.8) is 0 Å². The molecule has 0 aliphatic heterocycles. The van der Waals surface area contributed by atoms with Crippen molar-refractivity contribution < 1.29 is 4.74 Å². The third-order valence-corrected chi connectivity index (χ3v) is 2.25. The Hall–Kier alpha value is -1.36. The van der Waals surface area contributed by atoms with Gasteiger partial charge in [0.05, 0.1) is 6.10 Å². The first-order valence-electron chi connectivity index (χ1n) is 5.04. The van der Waals surface area contributed by atoms with Gasteiger partial charge in [-0.1, -0.05) is 6.92 Å². The molecule has 84 valence electrons. The lowest BCUT2D eigenvalue weighted by atomic mass is 10.3. The van der Waals surface area contributed by atoms with Crippen LogP contribution in [0.1, 0.15) is 33.4 Å². The highest BCUT2D eigenvalue weighted by atomic mass is 16.5. The molecule has 1 aromatic rings. The number of rotatable bonds is 4. The lowest BCUT2D eigenvalue weighted by Crippen LogP contribution is -2.28. The third-order valence-electron chi connectivity index (χ3n) is 2.25. The van der Waals surface area contributed by atoms with Gasteiger partial charge in [0, 0.05) is 6.20 Å². The van der Waals surface area contributed by atoms with E-state index >= 15 is 0 Å². The highest BCUT2D eigenvalue weighted by Gasteiger charge is 2.10. The summed E-state index contributed by atoms with van der Waals surface area (Å²) in [4.78, 5) is 15.1. The Morgan fingerprint density at radius 3 is 2.80 bits per heavy atom. The summed E-state index contributed by atoms with van der Waals surface area (Å²) in [5, 5.41) is 0. The van der Waals surface area contributed by atoms with Crippen molar-refractivity contribution in [2.75, 3.05) is 5.73 Å². The largest absolute Gasteiger partial charge is 0.383 e. The normalized spacial score (nSPS) is 14.9. The van der Waals surface area contributed by atoms with Crippen LogP contribution in [-0.2, 0) is 4.74 Å². The molecule has 0 aliphatic carbocycles. The predicted molar refractivity (Wildman–Crippen MR) is 58.5 cm³/mol. The van der Waals surface area contributed by atoms with Crippen molar-refractivity contribution in [1.29, 1.82) is 0 Å². The molecule has 0 saturated heterocycles. The van der Waals surface area contributed by atoms with Gasteiger partial charge in [-0.25, -0.2) is 4.79 Å². The van der Waals surface area contributed by atoms with Crippen LogP contribution in [0, 0.1) is 0 Å². The second-order valence-electron chi connectivity index (χ2n) is 3.50. The van der Waals surface area contributed by atoms with Gasteiger partial charge in [-0.05, 0) is 26.3 Å². The fraction of sp³-hybridized carbons (Fsp3) is 0.600. The first-order valence-corrected chi connectivity index (χ1v) is 5.04. The van der Waals surface area contributed by atoms with E-state index in [9.17, 15) is 4.79 Å². The number of aromatic nitrogens is 2. The number of hydrogen-bond acceptors (Lipinski definition) is 4. The van der Waals surface area contributed by atoms with E-state index in [1.165, 1.54) is 4.57 Å². The molecule has 15 heavy (non-hydrogen) atoms.